The molecule has 8 nitrogen and oxygen atoms in total. The average Bonchev–Trinajstić information content (AvgIpc) is 2.97. The van der Waals surface area contributed by atoms with Gasteiger partial charge >= 0.3 is 5.97 Å². The molecule has 0 spiro atoms. The molecule has 0 N–H and O–H groups in total. The van der Waals surface area contributed by atoms with Crippen molar-refractivity contribution in [1.29, 1.82) is 0 Å². The van der Waals surface area contributed by atoms with Gasteiger partial charge in [0.1, 0.15) is 18.0 Å². The van der Waals surface area contributed by atoms with Gasteiger partial charge < -0.3 is 14.4 Å². The number of hydrogen-bond acceptors (Lipinski definition) is 8. The predicted molar refractivity (Wildman–Crippen MR) is 159 cm³/mol. The van der Waals surface area contributed by atoms with Crippen LogP contribution in [0, 0.1) is 12.8 Å². The summed E-state index contributed by atoms with van der Waals surface area (Å²) in [5.41, 5.74) is 3.28. The molecule has 2 aromatic heterocycles. The van der Waals surface area contributed by atoms with Crippen molar-refractivity contribution in [1.82, 2.24) is 19.9 Å². The molecular formula is C33H37N5O3. The first-order valence-electron chi connectivity index (χ1n) is 14.1. The number of esters is 1. The lowest BCUT2D eigenvalue weighted by Crippen LogP contribution is -2.35. The normalized spacial score (nSPS) is 14.1. The van der Waals surface area contributed by atoms with Gasteiger partial charge in [-0.3, -0.25) is 0 Å². The number of hydrogen-bond donors (Lipinski definition) is 0. The summed E-state index contributed by atoms with van der Waals surface area (Å²) < 4.78 is 11.8. The van der Waals surface area contributed by atoms with Crippen LogP contribution in [0.1, 0.15) is 61.2 Å². The molecule has 4 aromatic rings. The van der Waals surface area contributed by atoms with Crippen molar-refractivity contribution >= 4 is 11.9 Å². The second-order valence-corrected chi connectivity index (χ2v) is 11.5. The van der Waals surface area contributed by atoms with E-state index in [2.05, 4.69) is 27.0 Å². The fraction of sp³-hybridized carbons (Fsp3) is 0.364. The number of anilines is 1. The number of ether oxygens (including phenoxy) is 2. The van der Waals surface area contributed by atoms with Gasteiger partial charge in [-0.25, -0.2) is 24.7 Å². The molecule has 3 heterocycles. The Bertz CT molecular complexity index is 1450. The van der Waals surface area contributed by atoms with Crippen molar-refractivity contribution in [3.8, 4) is 16.9 Å². The standard InChI is InChI=1S/C33H37N5O3/c1-23-30(40-22-25-11-7-5-8-12-25)29(31(39)41-33(2,3)4)37-28(36-23)19-24-15-17-38(18-16-24)32-34-20-27(21-35-32)26-13-9-6-10-14-26/h5-14,20-21,24H,15-19,22H2,1-4H3. The molecular weight excluding hydrogens is 514 g/mol. The Hall–Kier alpha value is -4.33. The summed E-state index contributed by atoms with van der Waals surface area (Å²) in [4.78, 5) is 34.1. The highest BCUT2D eigenvalue weighted by molar-refractivity contribution is 5.91. The SMILES string of the molecule is Cc1nc(CC2CCN(c3ncc(-c4ccccc4)cn3)CC2)nc(C(=O)OC(C)(C)C)c1OCc1ccccc1. The minimum Gasteiger partial charge on any atom is -0.484 e. The smallest absolute Gasteiger partial charge is 0.361 e. The molecule has 1 aliphatic rings. The van der Waals surface area contributed by atoms with Crippen LogP contribution >= 0.6 is 0 Å². The van der Waals surface area contributed by atoms with Gasteiger partial charge in [0.15, 0.2) is 11.4 Å². The Morgan fingerprint density at radius 3 is 2.17 bits per heavy atom. The first-order chi connectivity index (χ1) is 19.7. The zero-order valence-corrected chi connectivity index (χ0v) is 24.2. The van der Waals surface area contributed by atoms with Gasteiger partial charge in [0.2, 0.25) is 5.95 Å². The second kappa shape index (κ2) is 12.5. The van der Waals surface area contributed by atoms with Gasteiger partial charge in [0.05, 0.1) is 5.69 Å². The molecule has 0 unspecified atom stereocenters. The minimum absolute atomic E-state index is 0.183. The molecule has 0 aliphatic carbocycles. The second-order valence-electron chi connectivity index (χ2n) is 11.5. The Balaban J connectivity index is 1.26. The lowest BCUT2D eigenvalue weighted by atomic mass is 9.93. The van der Waals surface area contributed by atoms with E-state index in [1.165, 1.54) is 0 Å². The summed E-state index contributed by atoms with van der Waals surface area (Å²) in [5.74, 6) is 1.65. The molecule has 1 saturated heterocycles. The zero-order valence-electron chi connectivity index (χ0n) is 24.2. The fourth-order valence-electron chi connectivity index (χ4n) is 4.94. The first kappa shape index (κ1) is 28.2. The lowest BCUT2D eigenvalue weighted by molar-refractivity contribution is 0.00572. The minimum atomic E-state index is -0.652. The van der Waals surface area contributed by atoms with E-state index in [1.54, 1.807) is 0 Å². The van der Waals surface area contributed by atoms with Crippen molar-refractivity contribution in [2.45, 2.75) is 59.2 Å². The molecule has 0 amide bonds. The van der Waals surface area contributed by atoms with Gasteiger partial charge in [-0.2, -0.15) is 0 Å². The van der Waals surface area contributed by atoms with E-state index in [0.29, 0.717) is 36.2 Å². The average molecular weight is 552 g/mol. The van der Waals surface area contributed by atoms with Gasteiger partial charge in [-0.05, 0) is 57.6 Å². The fourth-order valence-corrected chi connectivity index (χ4v) is 4.94. The van der Waals surface area contributed by atoms with Crippen molar-refractivity contribution in [3.05, 3.63) is 95.8 Å². The molecule has 1 fully saturated rings. The van der Waals surface area contributed by atoms with Crippen LogP contribution in [0.15, 0.2) is 73.1 Å². The van der Waals surface area contributed by atoms with Crippen molar-refractivity contribution in [2.75, 3.05) is 18.0 Å². The van der Waals surface area contributed by atoms with Crippen LogP contribution in [0.5, 0.6) is 5.75 Å². The van der Waals surface area contributed by atoms with Crippen LogP contribution in [0.3, 0.4) is 0 Å². The van der Waals surface area contributed by atoms with Crippen LogP contribution < -0.4 is 9.64 Å². The maximum atomic E-state index is 13.2. The lowest BCUT2D eigenvalue weighted by Gasteiger charge is -2.31. The van der Waals surface area contributed by atoms with E-state index in [-0.39, 0.29) is 5.69 Å². The number of piperidine rings is 1. The molecule has 41 heavy (non-hydrogen) atoms. The van der Waals surface area contributed by atoms with Gasteiger partial charge in [0, 0.05) is 37.5 Å². The number of nitrogens with zero attached hydrogens (tertiary/aromatic N) is 5. The van der Waals surface area contributed by atoms with Gasteiger partial charge in [0.25, 0.3) is 0 Å². The number of carbonyl (C=O) groups is 1. The molecule has 5 rings (SSSR count). The van der Waals surface area contributed by atoms with E-state index in [1.807, 2.05) is 88.6 Å². The van der Waals surface area contributed by atoms with E-state index in [4.69, 9.17) is 19.4 Å². The van der Waals surface area contributed by atoms with Crippen LogP contribution in [-0.4, -0.2) is 44.6 Å². The topological polar surface area (TPSA) is 90.3 Å². The predicted octanol–water partition coefficient (Wildman–Crippen LogP) is 6.24. The number of rotatable bonds is 8. The van der Waals surface area contributed by atoms with Crippen molar-refractivity contribution in [2.24, 2.45) is 5.92 Å². The first-order valence-corrected chi connectivity index (χ1v) is 14.1. The Kier molecular flexibility index (Phi) is 8.57. The molecule has 212 valence electrons. The Morgan fingerprint density at radius 1 is 0.902 bits per heavy atom. The number of benzene rings is 2. The summed E-state index contributed by atoms with van der Waals surface area (Å²) >= 11 is 0. The third-order valence-electron chi connectivity index (χ3n) is 7.01. The molecule has 0 radical (unpaired) electrons. The van der Waals surface area contributed by atoms with E-state index < -0.39 is 11.6 Å². The molecule has 2 aromatic carbocycles. The third-order valence-corrected chi connectivity index (χ3v) is 7.01. The summed E-state index contributed by atoms with van der Waals surface area (Å²) in [7, 11) is 0. The van der Waals surface area contributed by atoms with Crippen molar-refractivity contribution < 1.29 is 14.3 Å². The van der Waals surface area contributed by atoms with Crippen molar-refractivity contribution in [3.63, 3.8) is 0 Å². The Labute approximate surface area is 241 Å². The number of aromatic nitrogens is 4. The molecule has 0 saturated carbocycles. The number of aryl methyl sites for hydroxylation is 1. The highest BCUT2D eigenvalue weighted by Crippen LogP contribution is 2.28. The van der Waals surface area contributed by atoms with E-state index in [9.17, 15) is 4.79 Å². The van der Waals surface area contributed by atoms with Crippen LogP contribution in [-0.2, 0) is 17.8 Å². The molecule has 0 atom stereocenters. The van der Waals surface area contributed by atoms with E-state index in [0.717, 1.165) is 48.6 Å². The summed E-state index contributed by atoms with van der Waals surface area (Å²) in [6, 6.07) is 20.0. The van der Waals surface area contributed by atoms with Gasteiger partial charge in [-0.15, -0.1) is 0 Å². The monoisotopic (exact) mass is 551 g/mol. The summed E-state index contributed by atoms with van der Waals surface area (Å²) in [5, 5.41) is 0. The van der Waals surface area contributed by atoms with Crippen LogP contribution in [0.4, 0.5) is 5.95 Å². The third kappa shape index (κ3) is 7.45. The highest BCUT2D eigenvalue weighted by atomic mass is 16.6. The Morgan fingerprint density at radius 2 is 1.54 bits per heavy atom. The molecule has 8 heteroatoms. The summed E-state index contributed by atoms with van der Waals surface area (Å²) in [6.45, 7) is 9.41. The van der Waals surface area contributed by atoms with E-state index >= 15 is 0 Å². The quantitative estimate of drug-likeness (QED) is 0.238. The zero-order chi connectivity index (χ0) is 28.8. The molecule has 0 bridgehead atoms. The van der Waals surface area contributed by atoms with Crippen LogP contribution in [0.25, 0.3) is 11.1 Å². The van der Waals surface area contributed by atoms with Crippen LogP contribution in [0.2, 0.25) is 0 Å². The van der Waals surface area contributed by atoms with Gasteiger partial charge in [-0.1, -0.05) is 60.7 Å². The maximum absolute atomic E-state index is 13.2. The number of carbonyl (C=O) groups excluding carboxylic acids is 1. The maximum Gasteiger partial charge on any atom is 0.361 e. The molecule has 1 aliphatic heterocycles. The largest absolute Gasteiger partial charge is 0.484 e. The highest BCUT2D eigenvalue weighted by Gasteiger charge is 2.27. The summed E-state index contributed by atoms with van der Waals surface area (Å²) in [6.07, 6.45) is 6.37.